The number of ether oxygens (including phenoxy) is 1. The van der Waals surface area contributed by atoms with Crippen LogP contribution < -0.4 is 10.1 Å². The van der Waals surface area contributed by atoms with E-state index in [0.717, 1.165) is 21.8 Å². The fourth-order valence-corrected chi connectivity index (χ4v) is 3.47. The van der Waals surface area contributed by atoms with Gasteiger partial charge in [0.25, 0.3) is 0 Å². The molecule has 2 rings (SSSR count). The highest BCUT2D eigenvalue weighted by Crippen LogP contribution is 2.23. The molecule has 0 fully saturated rings. The Kier molecular flexibility index (Phi) is 5.78. The van der Waals surface area contributed by atoms with E-state index in [9.17, 15) is 4.79 Å². The molecular weight excluding hydrogens is 352 g/mol. The van der Waals surface area contributed by atoms with Gasteiger partial charge in [-0.15, -0.1) is 11.3 Å². The molecule has 0 aliphatic carbocycles. The Bertz CT molecular complexity index is 615. The lowest BCUT2D eigenvalue weighted by atomic mass is 10.3. The third-order valence-electron chi connectivity index (χ3n) is 2.82. The first-order valence-corrected chi connectivity index (χ1v) is 8.04. The van der Waals surface area contributed by atoms with Crippen molar-refractivity contribution in [3.8, 4) is 5.75 Å². The van der Waals surface area contributed by atoms with E-state index in [1.54, 1.807) is 24.5 Å². The van der Waals surface area contributed by atoms with Crippen LogP contribution in [0.25, 0.3) is 0 Å². The van der Waals surface area contributed by atoms with Crippen LogP contribution in [0.4, 0.5) is 5.69 Å². The maximum absolute atomic E-state index is 12.0. The topological polar surface area (TPSA) is 41.6 Å². The van der Waals surface area contributed by atoms with Gasteiger partial charge in [-0.1, -0.05) is 6.07 Å². The maximum Gasteiger partial charge on any atom is 0.238 e. The van der Waals surface area contributed by atoms with E-state index >= 15 is 0 Å². The minimum absolute atomic E-state index is 0.0404. The van der Waals surface area contributed by atoms with E-state index in [-0.39, 0.29) is 5.91 Å². The first kappa shape index (κ1) is 16.0. The first-order valence-electron chi connectivity index (χ1n) is 6.43. The summed E-state index contributed by atoms with van der Waals surface area (Å²) in [4.78, 5) is 15.2. The smallest absolute Gasteiger partial charge is 0.238 e. The predicted molar refractivity (Wildman–Crippen MR) is 90.0 cm³/mol. The molecule has 21 heavy (non-hydrogen) atoms. The van der Waals surface area contributed by atoms with Crippen LogP contribution in [0.1, 0.15) is 4.88 Å². The van der Waals surface area contributed by atoms with Crippen LogP contribution in [0, 0.1) is 0 Å². The number of hydrogen-bond donors (Lipinski definition) is 1. The summed E-state index contributed by atoms with van der Waals surface area (Å²) < 4.78 is 6.24. The molecule has 1 N–H and O–H groups in total. The van der Waals surface area contributed by atoms with Gasteiger partial charge in [-0.3, -0.25) is 9.69 Å². The summed E-state index contributed by atoms with van der Waals surface area (Å²) in [6.07, 6.45) is 0. The highest BCUT2D eigenvalue weighted by Gasteiger charge is 2.09. The molecule has 0 saturated carbocycles. The van der Waals surface area contributed by atoms with Crippen LogP contribution in [0.3, 0.4) is 0 Å². The molecule has 4 nitrogen and oxygen atoms in total. The van der Waals surface area contributed by atoms with Crippen molar-refractivity contribution in [2.45, 2.75) is 6.54 Å². The van der Waals surface area contributed by atoms with Crippen molar-refractivity contribution >= 4 is 38.9 Å². The summed E-state index contributed by atoms with van der Waals surface area (Å²) >= 11 is 5.12. The molecule has 112 valence electrons. The second-order valence-corrected chi connectivity index (χ2v) is 7.21. The lowest BCUT2D eigenvalue weighted by Gasteiger charge is -2.15. The summed E-state index contributed by atoms with van der Waals surface area (Å²) in [6, 6.07) is 11.4. The number of hydrogen-bond acceptors (Lipinski definition) is 4. The molecular formula is C15H17BrN2O2S. The van der Waals surface area contributed by atoms with E-state index in [2.05, 4.69) is 27.3 Å². The van der Waals surface area contributed by atoms with Crippen LogP contribution in [-0.2, 0) is 11.3 Å². The van der Waals surface area contributed by atoms with E-state index in [0.29, 0.717) is 6.54 Å². The fraction of sp³-hybridized carbons (Fsp3) is 0.267. The number of nitrogens with one attached hydrogen (secondary N) is 1. The van der Waals surface area contributed by atoms with Gasteiger partial charge in [0.1, 0.15) is 5.75 Å². The van der Waals surface area contributed by atoms with E-state index in [1.165, 1.54) is 4.88 Å². The Labute approximate surface area is 136 Å². The lowest BCUT2D eigenvalue weighted by Crippen LogP contribution is -2.29. The summed E-state index contributed by atoms with van der Waals surface area (Å²) in [7, 11) is 3.53. The summed E-state index contributed by atoms with van der Waals surface area (Å²) in [5.74, 6) is 0.686. The predicted octanol–water partition coefficient (Wildman–Crippen LogP) is 3.59. The lowest BCUT2D eigenvalue weighted by molar-refractivity contribution is -0.117. The van der Waals surface area contributed by atoms with Crippen LogP contribution in [0.5, 0.6) is 5.75 Å². The largest absolute Gasteiger partial charge is 0.497 e. The van der Waals surface area contributed by atoms with Crippen molar-refractivity contribution in [3.05, 3.63) is 45.1 Å². The number of amides is 1. The normalized spacial score (nSPS) is 10.7. The Morgan fingerprint density at radius 2 is 2.19 bits per heavy atom. The van der Waals surface area contributed by atoms with E-state index < -0.39 is 0 Å². The van der Waals surface area contributed by atoms with Crippen molar-refractivity contribution < 1.29 is 9.53 Å². The number of anilines is 1. The van der Waals surface area contributed by atoms with Crippen molar-refractivity contribution in [1.29, 1.82) is 0 Å². The number of thiophene rings is 1. The SMILES string of the molecule is COc1cccc(NC(=O)CN(C)Cc2ccc(Br)s2)c1. The molecule has 0 atom stereocenters. The molecule has 1 amide bonds. The number of nitrogens with zero attached hydrogens (tertiary/aromatic N) is 1. The number of halogens is 1. The zero-order valence-electron chi connectivity index (χ0n) is 11.9. The molecule has 1 aromatic heterocycles. The number of likely N-dealkylation sites (N-methyl/N-ethyl adjacent to an activating group) is 1. The van der Waals surface area contributed by atoms with Crippen molar-refractivity contribution in [2.75, 3.05) is 26.0 Å². The number of methoxy groups -OCH3 is 1. The average Bonchev–Trinajstić information content (AvgIpc) is 2.83. The second-order valence-electron chi connectivity index (χ2n) is 4.66. The number of rotatable bonds is 6. The molecule has 0 spiro atoms. The van der Waals surface area contributed by atoms with Gasteiger partial charge in [-0.05, 0) is 47.2 Å². The average molecular weight is 369 g/mol. The minimum Gasteiger partial charge on any atom is -0.497 e. The summed E-state index contributed by atoms with van der Waals surface area (Å²) in [6.45, 7) is 1.09. The zero-order valence-corrected chi connectivity index (χ0v) is 14.3. The second kappa shape index (κ2) is 7.59. The molecule has 1 heterocycles. The molecule has 1 aromatic carbocycles. The van der Waals surface area contributed by atoms with Crippen LogP contribution in [0.2, 0.25) is 0 Å². The monoisotopic (exact) mass is 368 g/mol. The molecule has 0 bridgehead atoms. The molecule has 0 unspecified atom stereocenters. The van der Waals surface area contributed by atoms with Gasteiger partial charge in [-0.25, -0.2) is 0 Å². The highest BCUT2D eigenvalue weighted by atomic mass is 79.9. The molecule has 2 aromatic rings. The third kappa shape index (κ3) is 5.15. The standard InChI is InChI=1S/C15H17BrN2O2S/c1-18(9-13-6-7-14(16)21-13)10-15(19)17-11-4-3-5-12(8-11)20-2/h3-8H,9-10H2,1-2H3,(H,17,19). The quantitative estimate of drug-likeness (QED) is 0.846. The van der Waals surface area contributed by atoms with Crippen LogP contribution in [0.15, 0.2) is 40.2 Å². The Morgan fingerprint density at radius 3 is 2.86 bits per heavy atom. The van der Waals surface area contributed by atoms with Crippen molar-refractivity contribution in [2.24, 2.45) is 0 Å². The maximum atomic E-state index is 12.0. The summed E-state index contributed by atoms with van der Waals surface area (Å²) in [5, 5.41) is 2.87. The van der Waals surface area contributed by atoms with Crippen LogP contribution in [-0.4, -0.2) is 31.5 Å². The van der Waals surface area contributed by atoms with Gasteiger partial charge in [0.2, 0.25) is 5.91 Å². The van der Waals surface area contributed by atoms with E-state index in [4.69, 9.17) is 4.74 Å². The fourth-order valence-electron chi connectivity index (χ4n) is 1.91. The highest BCUT2D eigenvalue weighted by molar-refractivity contribution is 9.11. The molecule has 6 heteroatoms. The minimum atomic E-state index is -0.0404. The number of carbonyl (C=O) groups is 1. The van der Waals surface area contributed by atoms with Gasteiger partial charge >= 0.3 is 0 Å². The Morgan fingerprint density at radius 1 is 1.38 bits per heavy atom. The molecule has 0 radical (unpaired) electrons. The zero-order chi connectivity index (χ0) is 15.2. The van der Waals surface area contributed by atoms with Crippen molar-refractivity contribution in [1.82, 2.24) is 4.90 Å². The van der Waals surface area contributed by atoms with Crippen LogP contribution >= 0.6 is 27.3 Å². The molecule has 0 aliphatic heterocycles. The third-order valence-corrected chi connectivity index (χ3v) is 4.43. The van der Waals surface area contributed by atoms with Crippen molar-refractivity contribution in [3.63, 3.8) is 0 Å². The number of carbonyl (C=O) groups excluding carboxylic acids is 1. The van der Waals surface area contributed by atoms with Gasteiger partial charge in [0, 0.05) is 23.2 Å². The van der Waals surface area contributed by atoms with Gasteiger partial charge in [0.15, 0.2) is 0 Å². The van der Waals surface area contributed by atoms with Gasteiger partial charge in [-0.2, -0.15) is 0 Å². The Hall–Kier alpha value is -1.37. The number of benzene rings is 1. The van der Waals surface area contributed by atoms with E-state index in [1.807, 2.05) is 36.2 Å². The van der Waals surface area contributed by atoms with Gasteiger partial charge < -0.3 is 10.1 Å². The molecule has 0 saturated heterocycles. The summed E-state index contributed by atoms with van der Waals surface area (Å²) in [5.41, 5.74) is 0.742. The molecule has 0 aliphatic rings. The Balaban J connectivity index is 1.85. The first-order chi connectivity index (χ1) is 10.1. The van der Waals surface area contributed by atoms with Gasteiger partial charge in [0.05, 0.1) is 17.4 Å².